The van der Waals surface area contributed by atoms with Crippen molar-refractivity contribution in [3.8, 4) is 28.3 Å². The minimum atomic E-state index is -0.108. The van der Waals surface area contributed by atoms with Crippen molar-refractivity contribution in [3.63, 3.8) is 0 Å². The van der Waals surface area contributed by atoms with Gasteiger partial charge in [-0.25, -0.2) is 9.97 Å². The Bertz CT molecular complexity index is 2380. The van der Waals surface area contributed by atoms with E-state index in [0.29, 0.717) is 5.95 Å². The Hall–Kier alpha value is -5.28. The fourth-order valence-electron chi connectivity index (χ4n) is 7.16. The van der Waals surface area contributed by atoms with Crippen molar-refractivity contribution in [2.24, 2.45) is 0 Å². The Morgan fingerprint density at radius 1 is 0.548 bits per heavy atom. The van der Waals surface area contributed by atoms with E-state index < -0.39 is 0 Å². The van der Waals surface area contributed by atoms with Crippen molar-refractivity contribution in [1.29, 1.82) is 0 Å². The van der Waals surface area contributed by atoms with Crippen LogP contribution in [0.3, 0.4) is 0 Å². The van der Waals surface area contributed by atoms with Crippen LogP contribution < -0.4 is 0 Å². The van der Waals surface area contributed by atoms with Crippen LogP contribution in [0, 0.1) is 0 Å². The summed E-state index contributed by atoms with van der Waals surface area (Å²) in [6, 6.07) is 45.6. The van der Waals surface area contributed by atoms with Crippen LogP contribution in [-0.2, 0) is 5.41 Å². The molecule has 0 saturated heterocycles. The van der Waals surface area contributed by atoms with Gasteiger partial charge in [0.15, 0.2) is 0 Å². The van der Waals surface area contributed by atoms with Gasteiger partial charge in [0.05, 0.1) is 22.2 Å². The Morgan fingerprint density at radius 2 is 1.29 bits per heavy atom. The van der Waals surface area contributed by atoms with E-state index in [1.165, 1.54) is 43.8 Å². The molecule has 0 spiro atoms. The average molecular weight is 538 g/mol. The van der Waals surface area contributed by atoms with Gasteiger partial charge in [0.25, 0.3) is 0 Å². The first-order chi connectivity index (χ1) is 20.6. The molecule has 0 fully saturated rings. The minimum absolute atomic E-state index is 0.108. The monoisotopic (exact) mass is 537 g/mol. The first-order valence-corrected chi connectivity index (χ1v) is 14.5. The molecule has 198 valence electrons. The highest BCUT2D eigenvalue weighted by Gasteiger charge is 2.36. The average Bonchev–Trinajstić information content (AvgIpc) is 3.49. The maximum Gasteiger partial charge on any atom is 0.235 e. The maximum absolute atomic E-state index is 5.34. The topological polar surface area (TPSA) is 30.7 Å². The summed E-state index contributed by atoms with van der Waals surface area (Å²) >= 11 is 0. The van der Waals surface area contributed by atoms with Gasteiger partial charge in [-0.1, -0.05) is 123 Å². The quantitative estimate of drug-likeness (QED) is 0.220. The lowest BCUT2D eigenvalue weighted by Crippen LogP contribution is -2.15. The lowest BCUT2D eigenvalue weighted by molar-refractivity contribution is 0.661. The van der Waals surface area contributed by atoms with E-state index in [1.807, 2.05) is 6.07 Å². The third-order valence-corrected chi connectivity index (χ3v) is 9.19. The molecule has 0 saturated carbocycles. The summed E-state index contributed by atoms with van der Waals surface area (Å²) in [4.78, 5) is 10.6. The van der Waals surface area contributed by atoms with Crippen molar-refractivity contribution in [3.05, 3.63) is 139 Å². The molecule has 0 radical (unpaired) electrons. The molecule has 0 bridgehead atoms. The van der Waals surface area contributed by atoms with Crippen LogP contribution in [0.25, 0.3) is 71.8 Å². The zero-order valence-corrected chi connectivity index (χ0v) is 23.5. The molecular weight excluding hydrogens is 510 g/mol. The van der Waals surface area contributed by atoms with Gasteiger partial charge in [-0.2, -0.15) is 0 Å². The predicted molar refractivity (Wildman–Crippen MR) is 174 cm³/mol. The second kappa shape index (κ2) is 8.37. The van der Waals surface area contributed by atoms with E-state index in [4.69, 9.17) is 9.97 Å². The molecule has 0 amide bonds. The molecule has 42 heavy (non-hydrogen) atoms. The van der Waals surface area contributed by atoms with Gasteiger partial charge >= 0.3 is 0 Å². The molecule has 0 N–H and O–H groups in total. The molecule has 6 aromatic carbocycles. The van der Waals surface area contributed by atoms with Crippen LogP contribution >= 0.6 is 0 Å². The maximum atomic E-state index is 5.34. The number of hydrogen-bond acceptors (Lipinski definition) is 2. The standard InChI is InChI=1S/C39H27N3/c1-39(2)32-18-10-8-16-27(32)30-22-31-28-21-20-24-12-6-7-15-26(24)37(28)42(35(31)23-33(30)39)38-40-34-19-11-9-17-29(34)36(41-38)25-13-4-3-5-14-25/h3-23H,1-2H3. The van der Waals surface area contributed by atoms with E-state index in [0.717, 1.165) is 33.2 Å². The molecule has 3 nitrogen and oxygen atoms in total. The molecule has 1 aliphatic rings. The number of nitrogens with zero attached hydrogens (tertiary/aromatic N) is 3. The molecule has 0 unspecified atom stereocenters. The molecule has 1 aliphatic carbocycles. The number of fused-ring (bicyclic) bond motifs is 9. The fourth-order valence-corrected chi connectivity index (χ4v) is 7.16. The van der Waals surface area contributed by atoms with Gasteiger partial charge < -0.3 is 0 Å². The number of aromatic nitrogens is 3. The number of para-hydroxylation sites is 1. The zero-order valence-electron chi connectivity index (χ0n) is 23.5. The van der Waals surface area contributed by atoms with Gasteiger partial charge in [-0.15, -0.1) is 0 Å². The zero-order chi connectivity index (χ0) is 28.0. The third-order valence-electron chi connectivity index (χ3n) is 9.19. The smallest absolute Gasteiger partial charge is 0.235 e. The van der Waals surface area contributed by atoms with Gasteiger partial charge in [0.2, 0.25) is 5.95 Å². The van der Waals surface area contributed by atoms with Crippen LogP contribution in [0.4, 0.5) is 0 Å². The van der Waals surface area contributed by atoms with Gasteiger partial charge in [0.1, 0.15) is 0 Å². The van der Waals surface area contributed by atoms with Gasteiger partial charge in [0, 0.05) is 32.5 Å². The Labute approximate surface area is 243 Å². The van der Waals surface area contributed by atoms with E-state index in [9.17, 15) is 0 Å². The number of rotatable bonds is 2. The van der Waals surface area contributed by atoms with Crippen molar-refractivity contribution in [1.82, 2.24) is 14.5 Å². The van der Waals surface area contributed by atoms with Crippen LogP contribution in [0.15, 0.2) is 127 Å². The van der Waals surface area contributed by atoms with Crippen LogP contribution in [0.5, 0.6) is 0 Å². The molecule has 0 atom stereocenters. The third kappa shape index (κ3) is 3.11. The van der Waals surface area contributed by atoms with Crippen molar-refractivity contribution in [2.45, 2.75) is 19.3 Å². The Kier molecular flexibility index (Phi) is 4.67. The Morgan fingerprint density at radius 3 is 2.17 bits per heavy atom. The highest BCUT2D eigenvalue weighted by molar-refractivity contribution is 6.19. The Balaban J connectivity index is 1.46. The molecule has 8 aromatic rings. The summed E-state index contributed by atoms with van der Waals surface area (Å²) in [5.74, 6) is 0.692. The summed E-state index contributed by atoms with van der Waals surface area (Å²) in [5.41, 5.74) is 10.5. The molecule has 0 aliphatic heterocycles. The molecule has 3 heteroatoms. The summed E-state index contributed by atoms with van der Waals surface area (Å²) in [6.07, 6.45) is 0. The number of benzene rings is 6. The van der Waals surface area contributed by atoms with E-state index >= 15 is 0 Å². The van der Waals surface area contributed by atoms with Crippen molar-refractivity contribution in [2.75, 3.05) is 0 Å². The lowest BCUT2D eigenvalue weighted by atomic mass is 9.82. The molecule has 9 rings (SSSR count). The first-order valence-electron chi connectivity index (χ1n) is 14.5. The van der Waals surface area contributed by atoms with E-state index in [2.05, 4.69) is 140 Å². The largest absolute Gasteiger partial charge is 0.277 e. The normalized spacial score (nSPS) is 13.7. The van der Waals surface area contributed by atoms with Crippen molar-refractivity contribution >= 4 is 43.5 Å². The first kappa shape index (κ1) is 23.4. The minimum Gasteiger partial charge on any atom is -0.277 e. The van der Waals surface area contributed by atoms with Crippen LogP contribution in [-0.4, -0.2) is 14.5 Å². The second-order valence-corrected chi connectivity index (χ2v) is 11.9. The van der Waals surface area contributed by atoms with Crippen LogP contribution in [0.1, 0.15) is 25.0 Å². The number of hydrogen-bond donors (Lipinski definition) is 0. The second-order valence-electron chi connectivity index (χ2n) is 11.9. The molecule has 2 heterocycles. The summed E-state index contributed by atoms with van der Waals surface area (Å²) in [5, 5.41) is 5.89. The molecular formula is C39H27N3. The van der Waals surface area contributed by atoms with E-state index in [1.54, 1.807) is 0 Å². The van der Waals surface area contributed by atoms with Gasteiger partial charge in [-0.05, 0) is 45.8 Å². The summed E-state index contributed by atoms with van der Waals surface area (Å²) in [6.45, 7) is 4.68. The van der Waals surface area contributed by atoms with E-state index in [-0.39, 0.29) is 5.41 Å². The highest BCUT2D eigenvalue weighted by atomic mass is 15.2. The van der Waals surface area contributed by atoms with Crippen molar-refractivity contribution < 1.29 is 0 Å². The predicted octanol–water partition coefficient (Wildman–Crippen LogP) is 9.85. The SMILES string of the molecule is CC1(C)c2ccccc2-c2cc3c4ccc5ccccc5c4n(-c4nc(-c5ccccc5)c5ccccc5n4)c3cc21. The highest BCUT2D eigenvalue weighted by Crippen LogP contribution is 2.51. The lowest BCUT2D eigenvalue weighted by Gasteiger charge is -2.21. The fraction of sp³-hybridized carbons (Fsp3) is 0.0769. The summed E-state index contributed by atoms with van der Waals surface area (Å²) < 4.78 is 2.31. The summed E-state index contributed by atoms with van der Waals surface area (Å²) in [7, 11) is 0. The van der Waals surface area contributed by atoms with Gasteiger partial charge in [-0.3, -0.25) is 4.57 Å². The molecule has 2 aromatic heterocycles. The van der Waals surface area contributed by atoms with Crippen LogP contribution in [0.2, 0.25) is 0 Å².